The third-order valence-electron chi connectivity index (χ3n) is 5.00. The zero-order valence-corrected chi connectivity index (χ0v) is 22.2. The van der Waals surface area contributed by atoms with E-state index in [2.05, 4.69) is 31.8 Å². The van der Waals surface area contributed by atoms with E-state index in [9.17, 15) is 9.59 Å². The zero-order valence-electron chi connectivity index (χ0n) is 19.1. The van der Waals surface area contributed by atoms with Crippen molar-refractivity contribution in [2.45, 2.75) is 26.5 Å². The van der Waals surface area contributed by atoms with E-state index in [1.807, 2.05) is 62.4 Å². The van der Waals surface area contributed by atoms with Crippen LogP contribution in [0.2, 0.25) is 10.0 Å². The van der Waals surface area contributed by atoms with Crippen LogP contribution in [0.1, 0.15) is 35.3 Å². The summed E-state index contributed by atoms with van der Waals surface area (Å²) in [6.45, 7) is 4.11. The van der Waals surface area contributed by atoms with Crippen molar-refractivity contribution in [2.24, 2.45) is 11.0 Å². The number of nitrogens with one attached hydrogen (secondary N) is 2. The van der Waals surface area contributed by atoms with Gasteiger partial charge in [0.1, 0.15) is 18.4 Å². The number of hydrazone groups is 1. The summed E-state index contributed by atoms with van der Waals surface area (Å²) in [5.41, 5.74) is 4.62. The highest BCUT2D eigenvalue weighted by molar-refractivity contribution is 9.10. The molecule has 0 saturated carbocycles. The lowest BCUT2D eigenvalue weighted by molar-refractivity contribution is -0.123. The molecule has 0 spiro atoms. The molecular formula is C26H24BrCl2N3O3. The van der Waals surface area contributed by atoms with Crippen LogP contribution in [0.25, 0.3) is 0 Å². The number of carbonyl (C=O) groups is 2. The summed E-state index contributed by atoms with van der Waals surface area (Å²) >= 11 is 15.4. The summed E-state index contributed by atoms with van der Waals surface area (Å²) in [6.07, 6.45) is 1.52. The topological polar surface area (TPSA) is 79.8 Å². The van der Waals surface area contributed by atoms with Crippen molar-refractivity contribution in [1.29, 1.82) is 0 Å². The Balaban J connectivity index is 1.58. The third kappa shape index (κ3) is 7.82. The van der Waals surface area contributed by atoms with Gasteiger partial charge in [-0.3, -0.25) is 9.59 Å². The van der Waals surface area contributed by atoms with Gasteiger partial charge in [-0.25, -0.2) is 5.43 Å². The van der Waals surface area contributed by atoms with Crippen LogP contribution in [0.15, 0.2) is 76.3 Å². The molecule has 6 nitrogen and oxygen atoms in total. The van der Waals surface area contributed by atoms with Gasteiger partial charge in [0.15, 0.2) is 0 Å². The van der Waals surface area contributed by atoms with Gasteiger partial charge in [0.25, 0.3) is 11.8 Å². The first-order valence-corrected chi connectivity index (χ1v) is 12.3. The van der Waals surface area contributed by atoms with E-state index < -0.39 is 17.9 Å². The average Bonchev–Trinajstić information content (AvgIpc) is 2.84. The molecule has 1 atom stereocenters. The molecule has 3 aromatic carbocycles. The lowest BCUT2D eigenvalue weighted by Gasteiger charge is -2.20. The molecule has 0 aliphatic heterocycles. The number of nitrogens with zero attached hydrogens (tertiary/aromatic N) is 1. The van der Waals surface area contributed by atoms with Gasteiger partial charge < -0.3 is 10.1 Å². The monoisotopic (exact) mass is 575 g/mol. The van der Waals surface area contributed by atoms with E-state index >= 15 is 0 Å². The highest BCUT2D eigenvalue weighted by Crippen LogP contribution is 2.26. The molecule has 0 aliphatic carbocycles. The van der Waals surface area contributed by atoms with Crippen LogP contribution < -0.4 is 15.5 Å². The molecule has 3 aromatic rings. The largest absolute Gasteiger partial charge is 0.488 e. The number of benzene rings is 3. The van der Waals surface area contributed by atoms with Gasteiger partial charge in [-0.15, -0.1) is 0 Å². The fraction of sp³-hybridized carbons (Fsp3) is 0.192. The van der Waals surface area contributed by atoms with Crippen molar-refractivity contribution in [1.82, 2.24) is 10.7 Å². The van der Waals surface area contributed by atoms with E-state index in [4.69, 9.17) is 27.9 Å². The molecule has 2 amide bonds. The lowest BCUT2D eigenvalue weighted by atomic mass is 10.0. The second kappa shape index (κ2) is 12.7. The number of ether oxygens (including phenoxy) is 1. The maximum Gasteiger partial charge on any atom is 0.262 e. The summed E-state index contributed by atoms with van der Waals surface area (Å²) < 4.78 is 6.61. The highest BCUT2D eigenvalue weighted by atomic mass is 79.9. The van der Waals surface area contributed by atoms with Crippen LogP contribution in [0, 0.1) is 5.92 Å². The van der Waals surface area contributed by atoms with Crippen molar-refractivity contribution in [3.8, 4) is 5.75 Å². The Morgan fingerprint density at radius 3 is 2.43 bits per heavy atom. The van der Waals surface area contributed by atoms with Crippen LogP contribution in [-0.4, -0.2) is 24.1 Å². The molecule has 182 valence electrons. The first kappa shape index (κ1) is 26.7. The van der Waals surface area contributed by atoms with E-state index in [0.717, 1.165) is 15.6 Å². The van der Waals surface area contributed by atoms with E-state index in [1.165, 1.54) is 18.3 Å². The molecule has 0 heterocycles. The Morgan fingerprint density at radius 2 is 1.77 bits per heavy atom. The lowest BCUT2D eigenvalue weighted by Crippen LogP contribution is -2.48. The molecule has 0 radical (unpaired) electrons. The van der Waals surface area contributed by atoms with Crippen LogP contribution in [0.3, 0.4) is 0 Å². The Labute approximate surface area is 222 Å². The second-order valence-corrected chi connectivity index (χ2v) is 9.69. The maximum absolute atomic E-state index is 12.7. The fourth-order valence-electron chi connectivity index (χ4n) is 3.09. The van der Waals surface area contributed by atoms with Gasteiger partial charge in [-0.1, -0.05) is 67.4 Å². The SMILES string of the molecule is CC(C)C(NC(=O)c1ccc(Cl)c(Cl)c1)C(=O)N/N=C/c1ccc(OCc2ccccc2)c(Br)c1. The normalized spacial score (nSPS) is 11.9. The summed E-state index contributed by atoms with van der Waals surface area (Å²) in [7, 11) is 0. The molecule has 0 fully saturated rings. The molecule has 9 heteroatoms. The molecule has 0 aromatic heterocycles. The number of amides is 2. The molecule has 0 bridgehead atoms. The van der Waals surface area contributed by atoms with Crippen molar-refractivity contribution < 1.29 is 14.3 Å². The molecule has 3 rings (SSSR count). The van der Waals surface area contributed by atoms with Gasteiger partial charge in [-0.05, 0) is 69.4 Å². The van der Waals surface area contributed by atoms with Crippen molar-refractivity contribution in [2.75, 3.05) is 0 Å². The number of hydrogen-bond donors (Lipinski definition) is 2. The second-order valence-electron chi connectivity index (χ2n) is 8.02. The standard InChI is InChI=1S/C26H24BrCl2N3O3/c1-16(2)24(31-25(33)19-9-10-21(28)22(29)13-19)26(34)32-30-14-18-8-11-23(20(27)12-18)35-15-17-6-4-3-5-7-17/h3-14,16,24H,15H2,1-2H3,(H,31,33)(H,32,34)/b30-14+. The molecule has 2 N–H and O–H groups in total. The Morgan fingerprint density at radius 1 is 1.03 bits per heavy atom. The van der Waals surface area contributed by atoms with Crippen LogP contribution >= 0.6 is 39.1 Å². The van der Waals surface area contributed by atoms with Gasteiger partial charge in [0.05, 0.1) is 20.7 Å². The Hall–Kier alpha value is -2.87. The molecule has 0 saturated heterocycles. The maximum atomic E-state index is 12.7. The minimum absolute atomic E-state index is 0.174. The molecule has 35 heavy (non-hydrogen) atoms. The van der Waals surface area contributed by atoms with E-state index in [0.29, 0.717) is 22.9 Å². The van der Waals surface area contributed by atoms with Crippen molar-refractivity contribution in [3.05, 3.63) is 97.9 Å². The average molecular weight is 577 g/mol. The Kier molecular flexibility index (Phi) is 9.72. The van der Waals surface area contributed by atoms with Gasteiger partial charge in [0.2, 0.25) is 0 Å². The summed E-state index contributed by atoms with van der Waals surface area (Å²) in [6, 6.07) is 19.1. The molecular weight excluding hydrogens is 553 g/mol. The summed E-state index contributed by atoms with van der Waals surface area (Å²) in [5.74, 6) is -0.352. The fourth-order valence-corrected chi connectivity index (χ4v) is 3.90. The van der Waals surface area contributed by atoms with E-state index in [1.54, 1.807) is 6.07 Å². The van der Waals surface area contributed by atoms with Crippen molar-refractivity contribution >= 4 is 57.2 Å². The van der Waals surface area contributed by atoms with Crippen LogP contribution in [0.4, 0.5) is 0 Å². The Bertz CT molecular complexity index is 1220. The number of hydrogen-bond acceptors (Lipinski definition) is 4. The number of carbonyl (C=O) groups excluding carboxylic acids is 2. The van der Waals surface area contributed by atoms with Gasteiger partial charge in [-0.2, -0.15) is 5.10 Å². The highest BCUT2D eigenvalue weighted by Gasteiger charge is 2.24. The minimum atomic E-state index is -0.797. The predicted molar refractivity (Wildman–Crippen MR) is 143 cm³/mol. The van der Waals surface area contributed by atoms with Crippen LogP contribution in [-0.2, 0) is 11.4 Å². The first-order chi connectivity index (χ1) is 16.7. The summed E-state index contributed by atoms with van der Waals surface area (Å²) in [4.78, 5) is 25.3. The first-order valence-electron chi connectivity index (χ1n) is 10.8. The smallest absolute Gasteiger partial charge is 0.262 e. The quantitative estimate of drug-likeness (QED) is 0.234. The number of halogens is 3. The zero-order chi connectivity index (χ0) is 25.4. The van der Waals surface area contributed by atoms with Gasteiger partial charge in [0, 0.05) is 5.56 Å². The predicted octanol–water partition coefficient (Wildman–Crippen LogP) is 6.24. The van der Waals surface area contributed by atoms with Crippen molar-refractivity contribution in [3.63, 3.8) is 0 Å². The number of rotatable bonds is 9. The summed E-state index contributed by atoms with van der Waals surface area (Å²) in [5, 5.41) is 7.37. The van der Waals surface area contributed by atoms with Crippen LogP contribution in [0.5, 0.6) is 5.75 Å². The molecule has 0 aliphatic rings. The minimum Gasteiger partial charge on any atom is -0.488 e. The molecule has 1 unspecified atom stereocenters. The van der Waals surface area contributed by atoms with Gasteiger partial charge >= 0.3 is 0 Å². The van der Waals surface area contributed by atoms with E-state index in [-0.39, 0.29) is 10.9 Å². The third-order valence-corrected chi connectivity index (χ3v) is 6.36.